The Morgan fingerprint density at radius 1 is 1.26 bits per heavy atom. The van der Waals surface area contributed by atoms with Crippen molar-refractivity contribution in [1.29, 1.82) is 0 Å². The molecule has 0 aliphatic heterocycles. The first-order valence-corrected chi connectivity index (χ1v) is 5.93. The van der Waals surface area contributed by atoms with E-state index in [1.807, 2.05) is 30.3 Å². The second kappa shape index (κ2) is 6.09. The number of benzene rings is 1. The normalized spacial score (nSPS) is 10.2. The maximum absolute atomic E-state index is 13.8. The van der Waals surface area contributed by atoms with Gasteiger partial charge < -0.3 is 4.74 Å². The second-order valence-corrected chi connectivity index (χ2v) is 4.19. The Kier molecular flexibility index (Phi) is 4.23. The largest absolute Gasteiger partial charge is 0.469 e. The van der Waals surface area contributed by atoms with E-state index >= 15 is 0 Å². The minimum absolute atomic E-state index is 0.115. The summed E-state index contributed by atoms with van der Waals surface area (Å²) in [6, 6.07) is 11.2. The number of hydrogen-bond acceptors (Lipinski definition) is 3. The minimum atomic E-state index is -0.498. The summed E-state index contributed by atoms with van der Waals surface area (Å²) in [5.74, 6) is -0.971. The number of ether oxygens (including phenoxy) is 1. The molecule has 98 valence electrons. The number of methoxy groups -OCH3 is 1. The number of carbonyl (C=O) groups excluding carboxylic acids is 1. The number of halogens is 1. The lowest BCUT2D eigenvalue weighted by Gasteiger charge is -2.05. The molecule has 3 nitrogen and oxygen atoms in total. The smallest absolute Gasteiger partial charge is 0.311 e. The van der Waals surface area contributed by atoms with E-state index in [1.54, 1.807) is 6.20 Å². The monoisotopic (exact) mass is 259 g/mol. The van der Waals surface area contributed by atoms with E-state index in [1.165, 1.54) is 13.2 Å². The predicted molar refractivity (Wildman–Crippen MR) is 69.2 cm³/mol. The van der Waals surface area contributed by atoms with E-state index in [9.17, 15) is 9.18 Å². The number of aromatic nitrogens is 1. The summed E-state index contributed by atoms with van der Waals surface area (Å²) in [7, 11) is 1.27. The molecule has 2 rings (SSSR count). The van der Waals surface area contributed by atoms with Gasteiger partial charge in [0.25, 0.3) is 0 Å². The lowest BCUT2D eigenvalue weighted by Crippen LogP contribution is -2.08. The first kappa shape index (κ1) is 13.2. The summed E-state index contributed by atoms with van der Waals surface area (Å²) < 4.78 is 18.3. The first-order valence-electron chi connectivity index (χ1n) is 5.93. The van der Waals surface area contributed by atoms with Gasteiger partial charge in [-0.25, -0.2) is 4.39 Å². The molecular formula is C15H14FNO2. The van der Waals surface area contributed by atoms with Crippen LogP contribution < -0.4 is 0 Å². The highest BCUT2D eigenvalue weighted by Gasteiger charge is 2.10. The fraction of sp³-hybridized carbons (Fsp3) is 0.200. The minimum Gasteiger partial charge on any atom is -0.469 e. The van der Waals surface area contributed by atoms with Gasteiger partial charge in [0, 0.05) is 6.20 Å². The summed E-state index contributed by atoms with van der Waals surface area (Å²) in [6.07, 6.45) is 2.06. The van der Waals surface area contributed by atoms with Crippen LogP contribution >= 0.6 is 0 Å². The van der Waals surface area contributed by atoms with Crippen LogP contribution in [0, 0.1) is 5.82 Å². The average Bonchev–Trinajstić information content (AvgIpc) is 2.43. The van der Waals surface area contributed by atoms with Crippen molar-refractivity contribution in [3.05, 3.63) is 65.2 Å². The SMILES string of the molecule is COC(=O)Cc1ncc(Cc2ccccc2)cc1F. The molecule has 0 saturated carbocycles. The molecule has 0 bridgehead atoms. The maximum atomic E-state index is 13.8. The maximum Gasteiger partial charge on any atom is 0.311 e. The van der Waals surface area contributed by atoms with Gasteiger partial charge in [-0.15, -0.1) is 0 Å². The van der Waals surface area contributed by atoms with Gasteiger partial charge in [0.15, 0.2) is 0 Å². The van der Waals surface area contributed by atoms with Crippen molar-refractivity contribution in [2.24, 2.45) is 0 Å². The van der Waals surface area contributed by atoms with Crippen molar-refractivity contribution in [2.75, 3.05) is 7.11 Å². The average molecular weight is 259 g/mol. The van der Waals surface area contributed by atoms with Crippen LogP contribution in [-0.4, -0.2) is 18.1 Å². The number of esters is 1. The molecule has 0 unspecified atom stereocenters. The highest BCUT2D eigenvalue weighted by molar-refractivity contribution is 5.71. The summed E-state index contributed by atoms with van der Waals surface area (Å²) in [5, 5.41) is 0. The molecule has 1 aromatic carbocycles. The van der Waals surface area contributed by atoms with Crippen LogP contribution in [0.4, 0.5) is 4.39 Å². The van der Waals surface area contributed by atoms with Crippen molar-refractivity contribution in [3.63, 3.8) is 0 Å². The van der Waals surface area contributed by atoms with E-state index in [-0.39, 0.29) is 12.1 Å². The van der Waals surface area contributed by atoms with Crippen LogP contribution in [0.15, 0.2) is 42.6 Å². The molecule has 0 aliphatic carbocycles. The fourth-order valence-corrected chi connectivity index (χ4v) is 1.77. The number of nitrogens with zero attached hydrogens (tertiary/aromatic N) is 1. The van der Waals surface area contributed by atoms with Gasteiger partial charge in [-0.05, 0) is 23.6 Å². The van der Waals surface area contributed by atoms with Gasteiger partial charge in [-0.2, -0.15) is 0 Å². The van der Waals surface area contributed by atoms with Crippen molar-refractivity contribution in [2.45, 2.75) is 12.8 Å². The predicted octanol–water partition coefficient (Wildman–Crippen LogP) is 2.53. The Morgan fingerprint density at radius 2 is 2.00 bits per heavy atom. The molecule has 0 radical (unpaired) electrons. The molecule has 0 aliphatic rings. The molecule has 0 saturated heterocycles. The molecule has 0 atom stereocenters. The fourth-order valence-electron chi connectivity index (χ4n) is 1.77. The zero-order valence-corrected chi connectivity index (χ0v) is 10.6. The quantitative estimate of drug-likeness (QED) is 0.792. The molecule has 1 aromatic heterocycles. The van der Waals surface area contributed by atoms with E-state index in [0.717, 1.165) is 11.1 Å². The van der Waals surface area contributed by atoms with Gasteiger partial charge in [-0.3, -0.25) is 9.78 Å². The highest BCUT2D eigenvalue weighted by Crippen LogP contribution is 2.12. The first-order chi connectivity index (χ1) is 9.19. The van der Waals surface area contributed by atoms with Gasteiger partial charge in [0.05, 0.1) is 19.2 Å². The van der Waals surface area contributed by atoms with Crippen molar-refractivity contribution < 1.29 is 13.9 Å². The van der Waals surface area contributed by atoms with Crippen LogP contribution in [0.25, 0.3) is 0 Å². The molecule has 0 fully saturated rings. The van der Waals surface area contributed by atoms with E-state index in [4.69, 9.17) is 0 Å². The van der Waals surface area contributed by atoms with Gasteiger partial charge in [0.2, 0.25) is 0 Å². The third kappa shape index (κ3) is 3.61. The van der Waals surface area contributed by atoms with Crippen LogP contribution in [0.1, 0.15) is 16.8 Å². The van der Waals surface area contributed by atoms with Gasteiger partial charge in [0.1, 0.15) is 5.82 Å². The van der Waals surface area contributed by atoms with Crippen molar-refractivity contribution >= 4 is 5.97 Å². The summed E-state index contributed by atoms with van der Waals surface area (Å²) in [5.41, 5.74) is 1.98. The Hall–Kier alpha value is -2.23. The molecule has 2 aromatic rings. The lowest BCUT2D eigenvalue weighted by atomic mass is 10.1. The van der Waals surface area contributed by atoms with E-state index < -0.39 is 11.8 Å². The van der Waals surface area contributed by atoms with Crippen LogP contribution in [0.3, 0.4) is 0 Å². The number of rotatable bonds is 4. The molecular weight excluding hydrogens is 245 g/mol. The molecule has 1 heterocycles. The van der Waals surface area contributed by atoms with Crippen LogP contribution in [0.5, 0.6) is 0 Å². The second-order valence-electron chi connectivity index (χ2n) is 4.19. The molecule has 4 heteroatoms. The Bertz CT molecular complexity index is 570. The van der Waals surface area contributed by atoms with Crippen LogP contribution in [0.2, 0.25) is 0 Å². The topological polar surface area (TPSA) is 39.2 Å². The summed E-state index contributed by atoms with van der Waals surface area (Å²) >= 11 is 0. The molecule has 0 spiro atoms. The number of pyridine rings is 1. The van der Waals surface area contributed by atoms with Crippen molar-refractivity contribution in [1.82, 2.24) is 4.98 Å². The van der Waals surface area contributed by atoms with Gasteiger partial charge in [-0.1, -0.05) is 30.3 Å². The summed E-state index contributed by atoms with van der Waals surface area (Å²) in [4.78, 5) is 15.1. The van der Waals surface area contributed by atoms with E-state index in [0.29, 0.717) is 6.42 Å². The summed E-state index contributed by atoms with van der Waals surface area (Å²) in [6.45, 7) is 0. The molecule has 0 amide bonds. The lowest BCUT2D eigenvalue weighted by molar-refractivity contribution is -0.139. The standard InChI is InChI=1S/C15H14FNO2/c1-19-15(18)9-14-13(16)8-12(10-17-14)7-11-5-3-2-4-6-11/h2-6,8,10H,7,9H2,1H3. The van der Waals surface area contributed by atoms with Crippen molar-refractivity contribution in [3.8, 4) is 0 Å². The number of carbonyl (C=O) groups is 1. The number of hydrogen-bond donors (Lipinski definition) is 0. The third-order valence-electron chi connectivity index (χ3n) is 2.76. The molecule has 0 N–H and O–H groups in total. The molecule has 19 heavy (non-hydrogen) atoms. The Morgan fingerprint density at radius 3 is 2.63 bits per heavy atom. The highest BCUT2D eigenvalue weighted by atomic mass is 19.1. The zero-order valence-electron chi connectivity index (χ0n) is 10.6. The Balaban J connectivity index is 2.13. The van der Waals surface area contributed by atoms with Crippen LogP contribution in [-0.2, 0) is 22.4 Å². The third-order valence-corrected chi connectivity index (χ3v) is 2.76. The van der Waals surface area contributed by atoms with Gasteiger partial charge >= 0.3 is 5.97 Å². The zero-order chi connectivity index (χ0) is 13.7. The Labute approximate surface area is 111 Å². The van der Waals surface area contributed by atoms with E-state index in [2.05, 4.69) is 9.72 Å².